The lowest BCUT2D eigenvalue weighted by Gasteiger charge is -2.20. The van der Waals surface area contributed by atoms with Crippen molar-refractivity contribution >= 4 is 11.6 Å². The lowest BCUT2D eigenvalue weighted by Crippen LogP contribution is -2.41. The van der Waals surface area contributed by atoms with Crippen LogP contribution in [0.1, 0.15) is 52.5 Å². The van der Waals surface area contributed by atoms with Gasteiger partial charge in [0.15, 0.2) is 0 Å². The Morgan fingerprint density at radius 1 is 1.16 bits per heavy atom. The van der Waals surface area contributed by atoms with Crippen molar-refractivity contribution in [2.24, 2.45) is 0 Å². The predicted molar refractivity (Wildman–Crippen MR) is 81.5 cm³/mol. The van der Waals surface area contributed by atoms with Gasteiger partial charge in [0.25, 0.3) is 0 Å². The van der Waals surface area contributed by atoms with Crippen molar-refractivity contribution in [3.63, 3.8) is 0 Å². The van der Waals surface area contributed by atoms with E-state index >= 15 is 0 Å². The van der Waals surface area contributed by atoms with Gasteiger partial charge in [-0.3, -0.25) is 4.79 Å². The first-order valence-corrected chi connectivity index (χ1v) is 6.93. The van der Waals surface area contributed by atoms with Crippen LogP contribution in [0.2, 0.25) is 0 Å². The van der Waals surface area contributed by atoms with Gasteiger partial charge in [0, 0.05) is 24.2 Å². The molecule has 0 saturated heterocycles. The summed E-state index contributed by atoms with van der Waals surface area (Å²) >= 11 is 0. The standard InChI is InChI=1S/C16H26N2O/c1-12(2)13-6-8-14(9-7-13)17-11-10-15(19)18-16(3,4)5/h6-9,12,17H,10-11H2,1-5H3,(H,18,19). The predicted octanol–water partition coefficient (Wildman–Crippen LogP) is 3.53. The van der Waals surface area contributed by atoms with Gasteiger partial charge in [-0.15, -0.1) is 0 Å². The number of benzene rings is 1. The molecule has 0 atom stereocenters. The molecule has 0 aliphatic rings. The third kappa shape index (κ3) is 6.27. The minimum atomic E-state index is -0.157. The van der Waals surface area contributed by atoms with E-state index in [1.165, 1.54) is 5.56 Å². The summed E-state index contributed by atoms with van der Waals surface area (Å²) in [6.45, 7) is 11.0. The molecule has 0 aliphatic carbocycles. The molecular weight excluding hydrogens is 236 g/mol. The molecule has 1 amide bonds. The van der Waals surface area contributed by atoms with E-state index in [1.807, 2.05) is 20.8 Å². The van der Waals surface area contributed by atoms with Crippen LogP contribution in [-0.4, -0.2) is 18.0 Å². The van der Waals surface area contributed by atoms with Gasteiger partial charge in [-0.05, 0) is 44.4 Å². The highest BCUT2D eigenvalue weighted by atomic mass is 16.1. The van der Waals surface area contributed by atoms with Gasteiger partial charge in [-0.2, -0.15) is 0 Å². The molecule has 0 saturated carbocycles. The third-order valence-corrected chi connectivity index (χ3v) is 2.77. The lowest BCUT2D eigenvalue weighted by atomic mass is 10.0. The molecular formula is C16H26N2O. The maximum atomic E-state index is 11.6. The van der Waals surface area contributed by atoms with Crippen LogP contribution >= 0.6 is 0 Å². The van der Waals surface area contributed by atoms with Gasteiger partial charge in [-0.25, -0.2) is 0 Å². The Bertz CT molecular complexity index is 402. The number of anilines is 1. The third-order valence-electron chi connectivity index (χ3n) is 2.77. The number of carbonyl (C=O) groups is 1. The average molecular weight is 262 g/mol. The second-order valence-corrected chi connectivity index (χ2v) is 6.25. The zero-order valence-corrected chi connectivity index (χ0v) is 12.7. The maximum Gasteiger partial charge on any atom is 0.222 e. The minimum absolute atomic E-state index is 0.0822. The Balaban J connectivity index is 2.35. The Hall–Kier alpha value is -1.51. The molecule has 1 rings (SSSR count). The second-order valence-electron chi connectivity index (χ2n) is 6.25. The molecule has 19 heavy (non-hydrogen) atoms. The Labute approximate surface area is 116 Å². The Morgan fingerprint density at radius 2 is 1.74 bits per heavy atom. The molecule has 106 valence electrons. The van der Waals surface area contributed by atoms with E-state index in [1.54, 1.807) is 0 Å². The van der Waals surface area contributed by atoms with Gasteiger partial charge in [0.1, 0.15) is 0 Å². The van der Waals surface area contributed by atoms with E-state index in [9.17, 15) is 4.79 Å². The van der Waals surface area contributed by atoms with Crippen LogP contribution in [0.4, 0.5) is 5.69 Å². The highest BCUT2D eigenvalue weighted by Crippen LogP contribution is 2.16. The monoisotopic (exact) mass is 262 g/mol. The summed E-state index contributed by atoms with van der Waals surface area (Å²) in [7, 11) is 0. The van der Waals surface area contributed by atoms with Crippen LogP contribution in [0.5, 0.6) is 0 Å². The number of hydrogen-bond acceptors (Lipinski definition) is 2. The highest BCUT2D eigenvalue weighted by molar-refractivity contribution is 5.77. The summed E-state index contributed by atoms with van der Waals surface area (Å²) in [4.78, 5) is 11.6. The number of nitrogens with one attached hydrogen (secondary N) is 2. The fraction of sp³-hybridized carbons (Fsp3) is 0.562. The summed E-state index contributed by atoms with van der Waals surface area (Å²) in [5.41, 5.74) is 2.24. The lowest BCUT2D eigenvalue weighted by molar-refractivity contribution is -0.122. The molecule has 2 N–H and O–H groups in total. The summed E-state index contributed by atoms with van der Waals surface area (Å²) < 4.78 is 0. The van der Waals surface area contributed by atoms with E-state index < -0.39 is 0 Å². The average Bonchev–Trinajstić information content (AvgIpc) is 2.27. The van der Waals surface area contributed by atoms with Crippen LogP contribution in [0, 0.1) is 0 Å². The summed E-state index contributed by atoms with van der Waals surface area (Å²) in [5.74, 6) is 0.630. The summed E-state index contributed by atoms with van der Waals surface area (Å²) in [6, 6.07) is 8.39. The summed E-state index contributed by atoms with van der Waals surface area (Å²) in [6.07, 6.45) is 0.489. The maximum absolute atomic E-state index is 11.6. The van der Waals surface area contributed by atoms with Gasteiger partial charge >= 0.3 is 0 Å². The highest BCUT2D eigenvalue weighted by Gasteiger charge is 2.12. The van der Waals surface area contributed by atoms with Crippen LogP contribution in [-0.2, 0) is 4.79 Å². The zero-order chi connectivity index (χ0) is 14.5. The molecule has 3 heteroatoms. The molecule has 0 heterocycles. The van der Waals surface area contributed by atoms with Crippen LogP contribution in [0.25, 0.3) is 0 Å². The van der Waals surface area contributed by atoms with Crippen molar-refractivity contribution in [3.8, 4) is 0 Å². The number of hydrogen-bond donors (Lipinski definition) is 2. The van der Waals surface area contributed by atoms with E-state index in [0.29, 0.717) is 18.9 Å². The van der Waals surface area contributed by atoms with E-state index in [2.05, 4.69) is 48.7 Å². The van der Waals surface area contributed by atoms with Gasteiger partial charge in [0.2, 0.25) is 5.91 Å². The van der Waals surface area contributed by atoms with Crippen molar-refractivity contribution < 1.29 is 4.79 Å². The van der Waals surface area contributed by atoms with Crippen LogP contribution in [0.15, 0.2) is 24.3 Å². The van der Waals surface area contributed by atoms with Crippen LogP contribution in [0.3, 0.4) is 0 Å². The SMILES string of the molecule is CC(C)c1ccc(NCCC(=O)NC(C)(C)C)cc1. The first-order valence-electron chi connectivity index (χ1n) is 6.93. The summed E-state index contributed by atoms with van der Waals surface area (Å²) in [5, 5.41) is 6.22. The fourth-order valence-electron chi connectivity index (χ4n) is 1.79. The first kappa shape index (κ1) is 15.5. The zero-order valence-electron chi connectivity index (χ0n) is 12.7. The molecule has 0 spiro atoms. The normalized spacial score (nSPS) is 11.5. The largest absolute Gasteiger partial charge is 0.385 e. The molecule has 1 aromatic carbocycles. The first-order chi connectivity index (χ1) is 8.78. The quantitative estimate of drug-likeness (QED) is 0.852. The van der Waals surface area contributed by atoms with Crippen molar-refractivity contribution in [3.05, 3.63) is 29.8 Å². The van der Waals surface area contributed by atoms with Crippen LogP contribution < -0.4 is 10.6 Å². The van der Waals surface area contributed by atoms with E-state index in [4.69, 9.17) is 0 Å². The smallest absolute Gasteiger partial charge is 0.222 e. The molecule has 0 bridgehead atoms. The Morgan fingerprint density at radius 3 is 2.21 bits per heavy atom. The molecule has 0 radical (unpaired) electrons. The number of amides is 1. The van der Waals surface area contributed by atoms with Gasteiger partial charge < -0.3 is 10.6 Å². The minimum Gasteiger partial charge on any atom is -0.385 e. The molecule has 3 nitrogen and oxygen atoms in total. The van der Waals surface area contributed by atoms with Gasteiger partial charge in [0.05, 0.1) is 0 Å². The molecule has 0 aromatic heterocycles. The number of rotatable bonds is 5. The second kappa shape index (κ2) is 6.60. The molecule has 1 aromatic rings. The molecule has 0 unspecified atom stereocenters. The topological polar surface area (TPSA) is 41.1 Å². The van der Waals surface area contributed by atoms with Gasteiger partial charge in [-0.1, -0.05) is 26.0 Å². The molecule has 0 aliphatic heterocycles. The van der Waals surface area contributed by atoms with E-state index in [0.717, 1.165) is 5.69 Å². The van der Waals surface area contributed by atoms with Crippen molar-refractivity contribution in [1.82, 2.24) is 5.32 Å². The van der Waals surface area contributed by atoms with Crippen molar-refractivity contribution in [2.45, 2.75) is 52.5 Å². The fourth-order valence-corrected chi connectivity index (χ4v) is 1.79. The molecule has 0 fully saturated rings. The van der Waals surface area contributed by atoms with Crippen molar-refractivity contribution in [1.29, 1.82) is 0 Å². The van der Waals surface area contributed by atoms with E-state index in [-0.39, 0.29) is 11.4 Å². The van der Waals surface area contributed by atoms with Crippen molar-refractivity contribution in [2.75, 3.05) is 11.9 Å². The number of carbonyl (C=O) groups excluding carboxylic acids is 1. The Kier molecular flexibility index (Phi) is 5.40.